The van der Waals surface area contributed by atoms with Crippen LogP contribution in [0.4, 0.5) is 0 Å². The summed E-state index contributed by atoms with van der Waals surface area (Å²) in [5.41, 5.74) is 1.19. The summed E-state index contributed by atoms with van der Waals surface area (Å²) < 4.78 is 15.6. The van der Waals surface area contributed by atoms with Crippen molar-refractivity contribution in [3.8, 4) is 11.5 Å². The van der Waals surface area contributed by atoms with E-state index in [-0.39, 0.29) is 6.04 Å². The molecule has 154 valence electrons. The van der Waals surface area contributed by atoms with Crippen LogP contribution in [-0.4, -0.2) is 41.3 Å². The summed E-state index contributed by atoms with van der Waals surface area (Å²) >= 11 is 2.04. The van der Waals surface area contributed by atoms with E-state index >= 15 is 0 Å². The maximum absolute atomic E-state index is 10.6. The highest BCUT2D eigenvalue weighted by atomic mass is 127. The molecule has 0 aliphatic heterocycles. The van der Waals surface area contributed by atoms with Gasteiger partial charge in [-0.05, 0) is 72.7 Å². The lowest BCUT2D eigenvalue weighted by atomic mass is 10.1. The van der Waals surface area contributed by atoms with Gasteiger partial charge in [0.1, 0.15) is 18.1 Å². The molecular weight excluding hydrogens is 469 g/mol. The van der Waals surface area contributed by atoms with Gasteiger partial charge in [0.05, 0.1) is 13.2 Å². The van der Waals surface area contributed by atoms with Gasteiger partial charge in [-0.3, -0.25) is 5.32 Å². The Kier molecular flexibility index (Phi) is 10.0. The zero-order chi connectivity index (χ0) is 20.2. The third-order valence-corrected chi connectivity index (χ3v) is 4.93. The second-order valence-electron chi connectivity index (χ2n) is 6.61. The standard InChI is InChI=1S/C22H30INO4/c1-3-26-15-16-28-21-11-9-19(10-12-21)17-18(2)24-22(23,25)13-14-27-20-7-5-4-6-8-20/h4-12,18,24-25H,3,13-17H2,1-2H3/t18-,22+/m1/s1. The van der Waals surface area contributed by atoms with E-state index in [9.17, 15) is 5.11 Å². The lowest BCUT2D eigenvalue weighted by Gasteiger charge is -2.27. The molecule has 2 aromatic carbocycles. The molecule has 0 saturated heterocycles. The average Bonchev–Trinajstić information content (AvgIpc) is 2.67. The minimum atomic E-state index is -1.02. The van der Waals surface area contributed by atoms with Crippen LogP contribution in [0.5, 0.6) is 11.5 Å². The number of aliphatic hydroxyl groups is 1. The minimum Gasteiger partial charge on any atom is -0.493 e. The van der Waals surface area contributed by atoms with Crippen LogP contribution in [0.25, 0.3) is 0 Å². The minimum absolute atomic E-state index is 0.114. The Labute approximate surface area is 181 Å². The molecule has 0 bridgehead atoms. The maximum atomic E-state index is 10.6. The van der Waals surface area contributed by atoms with Crippen molar-refractivity contribution in [2.45, 2.75) is 36.5 Å². The van der Waals surface area contributed by atoms with Crippen LogP contribution in [0.1, 0.15) is 25.8 Å². The number of benzene rings is 2. The molecule has 0 aromatic heterocycles. The van der Waals surface area contributed by atoms with Crippen LogP contribution in [0.15, 0.2) is 54.6 Å². The van der Waals surface area contributed by atoms with Crippen molar-refractivity contribution in [2.75, 3.05) is 26.4 Å². The maximum Gasteiger partial charge on any atom is 0.171 e. The fourth-order valence-corrected chi connectivity index (χ4v) is 3.51. The number of alkyl halides is 1. The average molecular weight is 499 g/mol. The summed E-state index contributed by atoms with van der Waals surface area (Å²) in [4.78, 5) is 0. The van der Waals surface area contributed by atoms with Gasteiger partial charge in [0, 0.05) is 19.1 Å². The SMILES string of the molecule is CCOCCOc1ccc(C[C@@H](C)N[C@@](O)(I)CCOc2ccccc2)cc1. The van der Waals surface area contributed by atoms with Crippen LogP contribution in [0.3, 0.4) is 0 Å². The Morgan fingerprint density at radius 3 is 2.29 bits per heavy atom. The van der Waals surface area contributed by atoms with Gasteiger partial charge >= 0.3 is 0 Å². The molecule has 2 N–H and O–H groups in total. The summed E-state index contributed by atoms with van der Waals surface area (Å²) in [5.74, 6) is 1.65. The van der Waals surface area contributed by atoms with E-state index in [0.29, 0.717) is 32.8 Å². The fraction of sp³-hybridized carbons (Fsp3) is 0.455. The molecule has 0 radical (unpaired) electrons. The number of hydrogen-bond donors (Lipinski definition) is 2. The quantitative estimate of drug-likeness (QED) is 0.143. The molecule has 0 aliphatic carbocycles. The van der Waals surface area contributed by atoms with Gasteiger partial charge in [0.15, 0.2) is 3.73 Å². The molecule has 2 rings (SSSR count). The second kappa shape index (κ2) is 12.3. The highest BCUT2D eigenvalue weighted by molar-refractivity contribution is 14.1. The predicted octanol–water partition coefficient (Wildman–Crippen LogP) is 4.17. The van der Waals surface area contributed by atoms with Gasteiger partial charge in [-0.15, -0.1) is 0 Å². The van der Waals surface area contributed by atoms with E-state index < -0.39 is 3.73 Å². The number of halogens is 1. The largest absolute Gasteiger partial charge is 0.493 e. The number of rotatable bonds is 13. The van der Waals surface area contributed by atoms with Crippen LogP contribution < -0.4 is 14.8 Å². The molecule has 0 saturated carbocycles. The molecule has 0 heterocycles. The molecule has 0 fully saturated rings. The van der Waals surface area contributed by atoms with Gasteiger partial charge in [0.25, 0.3) is 0 Å². The van der Waals surface area contributed by atoms with Crippen molar-refractivity contribution in [3.63, 3.8) is 0 Å². The first-order valence-corrected chi connectivity index (χ1v) is 10.7. The Morgan fingerprint density at radius 2 is 1.61 bits per heavy atom. The highest BCUT2D eigenvalue weighted by Crippen LogP contribution is 2.20. The Hall–Kier alpha value is -1.35. The molecule has 0 aliphatic rings. The fourth-order valence-electron chi connectivity index (χ4n) is 2.76. The molecule has 2 aromatic rings. The smallest absolute Gasteiger partial charge is 0.171 e. The van der Waals surface area contributed by atoms with E-state index in [4.69, 9.17) is 14.2 Å². The van der Waals surface area contributed by atoms with Gasteiger partial charge < -0.3 is 19.3 Å². The van der Waals surface area contributed by atoms with Gasteiger partial charge in [-0.2, -0.15) is 0 Å². The van der Waals surface area contributed by atoms with E-state index in [1.807, 2.05) is 72.0 Å². The first-order chi connectivity index (χ1) is 13.5. The van der Waals surface area contributed by atoms with Crippen LogP contribution in [-0.2, 0) is 11.2 Å². The van der Waals surface area contributed by atoms with Crippen LogP contribution >= 0.6 is 22.6 Å². The lowest BCUT2D eigenvalue weighted by Crippen LogP contribution is -2.46. The molecule has 0 unspecified atom stereocenters. The molecule has 6 heteroatoms. The summed E-state index contributed by atoms with van der Waals surface area (Å²) in [6.07, 6.45) is 1.30. The highest BCUT2D eigenvalue weighted by Gasteiger charge is 2.24. The van der Waals surface area contributed by atoms with Crippen molar-refractivity contribution in [2.24, 2.45) is 0 Å². The molecule has 0 amide bonds. The first kappa shape index (κ1) is 22.9. The Balaban J connectivity index is 1.71. The van der Waals surface area contributed by atoms with Crippen molar-refractivity contribution in [3.05, 3.63) is 60.2 Å². The molecule has 2 atom stereocenters. The zero-order valence-corrected chi connectivity index (χ0v) is 18.7. The molecule has 0 spiro atoms. The van der Waals surface area contributed by atoms with E-state index in [1.54, 1.807) is 0 Å². The summed E-state index contributed by atoms with van der Waals surface area (Å²) in [5, 5.41) is 13.9. The molecule has 28 heavy (non-hydrogen) atoms. The molecule has 5 nitrogen and oxygen atoms in total. The Bertz CT molecular complexity index is 664. The number of para-hydroxylation sites is 1. The number of ether oxygens (including phenoxy) is 3. The Morgan fingerprint density at radius 1 is 0.964 bits per heavy atom. The topological polar surface area (TPSA) is 60.0 Å². The zero-order valence-electron chi connectivity index (χ0n) is 16.6. The lowest BCUT2D eigenvalue weighted by molar-refractivity contribution is 0.0807. The number of hydrogen-bond acceptors (Lipinski definition) is 5. The third-order valence-electron chi connectivity index (χ3n) is 4.08. The van der Waals surface area contributed by atoms with E-state index in [2.05, 4.69) is 24.4 Å². The number of nitrogens with one attached hydrogen (secondary N) is 1. The van der Waals surface area contributed by atoms with Crippen LogP contribution in [0, 0.1) is 0 Å². The van der Waals surface area contributed by atoms with Gasteiger partial charge in [0.2, 0.25) is 0 Å². The van der Waals surface area contributed by atoms with Crippen molar-refractivity contribution >= 4 is 22.6 Å². The first-order valence-electron chi connectivity index (χ1n) is 9.65. The summed E-state index contributed by atoms with van der Waals surface area (Å²) in [7, 11) is 0. The van der Waals surface area contributed by atoms with E-state index in [1.165, 1.54) is 5.56 Å². The van der Waals surface area contributed by atoms with E-state index in [0.717, 1.165) is 17.9 Å². The normalized spacial score (nSPS) is 14.3. The van der Waals surface area contributed by atoms with Crippen molar-refractivity contribution in [1.29, 1.82) is 0 Å². The molecular formula is C22H30INO4. The summed E-state index contributed by atoms with van der Waals surface area (Å²) in [6.45, 7) is 6.33. The predicted molar refractivity (Wildman–Crippen MR) is 120 cm³/mol. The second-order valence-corrected chi connectivity index (χ2v) is 8.39. The van der Waals surface area contributed by atoms with Crippen molar-refractivity contribution < 1.29 is 19.3 Å². The third kappa shape index (κ3) is 9.23. The van der Waals surface area contributed by atoms with Crippen LogP contribution in [0.2, 0.25) is 0 Å². The van der Waals surface area contributed by atoms with Crippen molar-refractivity contribution in [1.82, 2.24) is 5.32 Å². The van der Waals surface area contributed by atoms with Gasteiger partial charge in [-0.1, -0.05) is 30.3 Å². The summed E-state index contributed by atoms with van der Waals surface area (Å²) in [6, 6.07) is 17.8. The monoisotopic (exact) mass is 499 g/mol. The van der Waals surface area contributed by atoms with Gasteiger partial charge in [-0.25, -0.2) is 0 Å².